The number of ether oxygens (including phenoxy) is 2. The van der Waals surface area contributed by atoms with Crippen molar-refractivity contribution >= 4 is 0 Å². The standard InChI is InChI=1S/C16H24O3/c1-3-5-12(2)10-14(17)13-6-7-15-16(11-13)19-9-4-8-18-15/h6-7,11-12,14,17H,3-5,8-10H2,1-2H3. The molecule has 0 bridgehead atoms. The highest BCUT2D eigenvalue weighted by Crippen LogP contribution is 2.34. The van der Waals surface area contributed by atoms with Crippen LogP contribution < -0.4 is 9.47 Å². The van der Waals surface area contributed by atoms with Gasteiger partial charge in [0.15, 0.2) is 11.5 Å². The lowest BCUT2D eigenvalue weighted by molar-refractivity contribution is 0.144. The van der Waals surface area contributed by atoms with Crippen LogP contribution >= 0.6 is 0 Å². The van der Waals surface area contributed by atoms with Gasteiger partial charge in [0.2, 0.25) is 0 Å². The zero-order valence-corrected chi connectivity index (χ0v) is 11.9. The first-order valence-electron chi connectivity index (χ1n) is 7.28. The molecule has 19 heavy (non-hydrogen) atoms. The van der Waals surface area contributed by atoms with Crippen molar-refractivity contribution < 1.29 is 14.6 Å². The van der Waals surface area contributed by atoms with Crippen LogP contribution in [0.4, 0.5) is 0 Å². The fourth-order valence-electron chi connectivity index (χ4n) is 2.52. The van der Waals surface area contributed by atoms with E-state index in [2.05, 4.69) is 13.8 Å². The Bertz CT molecular complexity index is 403. The Kier molecular flexibility index (Phi) is 5.08. The molecule has 2 unspecified atom stereocenters. The van der Waals surface area contributed by atoms with Gasteiger partial charge in [-0.2, -0.15) is 0 Å². The average molecular weight is 264 g/mol. The molecule has 0 fully saturated rings. The summed E-state index contributed by atoms with van der Waals surface area (Å²) in [6, 6.07) is 5.77. The van der Waals surface area contributed by atoms with Crippen molar-refractivity contribution in [3.05, 3.63) is 23.8 Å². The lowest BCUT2D eigenvalue weighted by Gasteiger charge is -2.17. The SMILES string of the molecule is CCCC(C)CC(O)c1ccc2c(c1)OCCCO2. The first-order valence-corrected chi connectivity index (χ1v) is 7.28. The normalized spacial score (nSPS) is 17.6. The molecule has 0 saturated carbocycles. The Balaban J connectivity index is 2.06. The van der Waals surface area contributed by atoms with Crippen LogP contribution in [0, 0.1) is 5.92 Å². The fraction of sp³-hybridized carbons (Fsp3) is 0.625. The summed E-state index contributed by atoms with van der Waals surface area (Å²) in [5.74, 6) is 2.09. The van der Waals surface area contributed by atoms with E-state index in [1.54, 1.807) is 0 Å². The molecule has 0 spiro atoms. The highest BCUT2D eigenvalue weighted by molar-refractivity contribution is 5.44. The predicted octanol–water partition coefficient (Wildman–Crippen LogP) is 3.71. The molecule has 1 aromatic carbocycles. The molecule has 0 saturated heterocycles. The summed E-state index contributed by atoms with van der Waals surface area (Å²) in [5.41, 5.74) is 0.923. The molecular formula is C16H24O3. The van der Waals surface area contributed by atoms with Gasteiger partial charge in [-0.3, -0.25) is 0 Å². The minimum absolute atomic E-state index is 0.418. The van der Waals surface area contributed by atoms with Gasteiger partial charge in [0.05, 0.1) is 19.3 Å². The summed E-state index contributed by atoms with van der Waals surface area (Å²) >= 11 is 0. The van der Waals surface area contributed by atoms with Crippen molar-refractivity contribution in [3.8, 4) is 11.5 Å². The highest BCUT2D eigenvalue weighted by Gasteiger charge is 2.16. The molecule has 1 aliphatic heterocycles. The third kappa shape index (κ3) is 3.87. The summed E-state index contributed by atoms with van der Waals surface area (Å²) in [5, 5.41) is 10.3. The maximum absolute atomic E-state index is 10.3. The van der Waals surface area contributed by atoms with Crippen LogP contribution in [0.1, 0.15) is 51.2 Å². The number of benzene rings is 1. The maximum atomic E-state index is 10.3. The molecule has 3 nitrogen and oxygen atoms in total. The Morgan fingerprint density at radius 1 is 1.21 bits per heavy atom. The molecular weight excluding hydrogens is 240 g/mol. The van der Waals surface area contributed by atoms with Crippen LogP contribution in [0.15, 0.2) is 18.2 Å². The van der Waals surface area contributed by atoms with Gasteiger partial charge in [-0.15, -0.1) is 0 Å². The van der Waals surface area contributed by atoms with E-state index in [1.807, 2.05) is 18.2 Å². The molecule has 1 N–H and O–H groups in total. The molecule has 2 atom stereocenters. The second-order valence-electron chi connectivity index (χ2n) is 5.40. The lowest BCUT2D eigenvalue weighted by Crippen LogP contribution is -2.05. The van der Waals surface area contributed by atoms with Gasteiger partial charge in [-0.1, -0.05) is 32.8 Å². The summed E-state index contributed by atoms with van der Waals surface area (Å²) in [7, 11) is 0. The molecule has 0 aromatic heterocycles. The first-order chi connectivity index (χ1) is 9.20. The number of fused-ring (bicyclic) bond motifs is 1. The van der Waals surface area contributed by atoms with Crippen LogP contribution in [0.2, 0.25) is 0 Å². The van der Waals surface area contributed by atoms with E-state index in [0.717, 1.165) is 42.7 Å². The summed E-state index contributed by atoms with van der Waals surface area (Å²) < 4.78 is 11.3. The molecule has 0 aliphatic carbocycles. The van der Waals surface area contributed by atoms with E-state index in [0.29, 0.717) is 19.1 Å². The molecule has 1 heterocycles. The molecule has 1 aliphatic rings. The van der Waals surface area contributed by atoms with Gasteiger partial charge in [0, 0.05) is 6.42 Å². The molecule has 0 amide bonds. The Morgan fingerprint density at radius 2 is 1.95 bits per heavy atom. The number of hydrogen-bond acceptors (Lipinski definition) is 3. The van der Waals surface area contributed by atoms with Crippen LogP contribution in [-0.2, 0) is 0 Å². The van der Waals surface area contributed by atoms with Crippen molar-refractivity contribution in [1.82, 2.24) is 0 Å². The van der Waals surface area contributed by atoms with Crippen molar-refractivity contribution in [2.24, 2.45) is 5.92 Å². The smallest absolute Gasteiger partial charge is 0.161 e. The van der Waals surface area contributed by atoms with E-state index < -0.39 is 6.10 Å². The molecule has 0 radical (unpaired) electrons. The van der Waals surface area contributed by atoms with E-state index in [-0.39, 0.29) is 0 Å². The van der Waals surface area contributed by atoms with Gasteiger partial charge < -0.3 is 14.6 Å². The molecule has 106 valence electrons. The van der Waals surface area contributed by atoms with Crippen LogP contribution in [-0.4, -0.2) is 18.3 Å². The second-order valence-corrected chi connectivity index (χ2v) is 5.40. The molecule has 3 heteroatoms. The lowest BCUT2D eigenvalue weighted by atomic mass is 9.95. The summed E-state index contributed by atoms with van der Waals surface area (Å²) in [6.07, 6.45) is 3.60. The van der Waals surface area contributed by atoms with Crippen LogP contribution in [0.3, 0.4) is 0 Å². The summed E-state index contributed by atoms with van der Waals surface area (Å²) in [4.78, 5) is 0. The number of hydrogen-bond donors (Lipinski definition) is 1. The Morgan fingerprint density at radius 3 is 2.68 bits per heavy atom. The van der Waals surface area contributed by atoms with E-state index >= 15 is 0 Å². The van der Waals surface area contributed by atoms with Crippen molar-refractivity contribution in [2.75, 3.05) is 13.2 Å². The van der Waals surface area contributed by atoms with Crippen LogP contribution in [0.5, 0.6) is 11.5 Å². The number of aliphatic hydroxyl groups excluding tert-OH is 1. The van der Waals surface area contributed by atoms with E-state index in [1.165, 1.54) is 0 Å². The largest absolute Gasteiger partial charge is 0.490 e. The van der Waals surface area contributed by atoms with Gasteiger partial charge in [-0.25, -0.2) is 0 Å². The number of rotatable bonds is 5. The average Bonchev–Trinajstić information content (AvgIpc) is 2.63. The monoisotopic (exact) mass is 264 g/mol. The van der Waals surface area contributed by atoms with Crippen molar-refractivity contribution in [3.63, 3.8) is 0 Å². The predicted molar refractivity (Wildman–Crippen MR) is 75.7 cm³/mol. The van der Waals surface area contributed by atoms with Crippen molar-refractivity contribution in [2.45, 2.75) is 45.6 Å². The highest BCUT2D eigenvalue weighted by atomic mass is 16.5. The van der Waals surface area contributed by atoms with Gasteiger partial charge in [0.25, 0.3) is 0 Å². The first kappa shape index (κ1) is 14.2. The zero-order chi connectivity index (χ0) is 13.7. The fourth-order valence-corrected chi connectivity index (χ4v) is 2.52. The Hall–Kier alpha value is -1.22. The number of aliphatic hydroxyl groups is 1. The Labute approximate surface area is 115 Å². The molecule has 1 aromatic rings. The maximum Gasteiger partial charge on any atom is 0.161 e. The van der Waals surface area contributed by atoms with E-state index in [4.69, 9.17) is 9.47 Å². The second kappa shape index (κ2) is 6.80. The van der Waals surface area contributed by atoms with Gasteiger partial charge >= 0.3 is 0 Å². The topological polar surface area (TPSA) is 38.7 Å². The van der Waals surface area contributed by atoms with E-state index in [9.17, 15) is 5.11 Å². The third-order valence-electron chi connectivity index (χ3n) is 3.56. The quantitative estimate of drug-likeness (QED) is 0.881. The summed E-state index contributed by atoms with van der Waals surface area (Å²) in [6.45, 7) is 5.74. The van der Waals surface area contributed by atoms with Crippen molar-refractivity contribution in [1.29, 1.82) is 0 Å². The third-order valence-corrected chi connectivity index (χ3v) is 3.56. The van der Waals surface area contributed by atoms with Gasteiger partial charge in [0.1, 0.15) is 0 Å². The minimum Gasteiger partial charge on any atom is -0.490 e. The van der Waals surface area contributed by atoms with Gasteiger partial charge in [-0.05, 0) is 30.0 Å². The zero-order valence-electron chi connectivity index (χ0n) is 11.9. The van der Waals surface area contributed by atoms with Crippen LogP contribution in [0.25, 0.3) is 0 Å². The molecule has 2 rings (SSSR count). The minimum atomic E-state index is -0.418.